The highest BCUT2D eigenvalue weighted by atomic mass is 16.5. The molecule has 0 bridgehead atoms. The van der Waals surface area contributed by atoms with Crippen molar-refractivity contribution >= 4 is 22.5 Å². The number of anilines is 1. The van der Waals surface area contributed by atoms with Gasteiger partial charge in [0.1, 0.15) is 11.8 Å². The minimum absolute atomic E-state index is 0.318. The van der Waals surface area contributed by atoms with Crippen LogP contribution >= 0.6 is 0 Å². The van der Waals surface area contributed by atoms with E-state index in [0.717, 1.165) is 29.7 Å². The van der Waals surface area contributed by atoms with Gasteiger partial charge in [-0.2, -0.15) is 10.4 Å². The zero-order valence-corrected chi connectivity index (χ0v) is 16.6. The maximum Gasteiger partial charge on any atom is 0.257 e. The van der Waals surface area contributed by atoms with E-state index >= 15 is 0 Å². The zero-order chi connectivity index (χ0) is 20.4. The number of rotatable bonds is 4. The molecule has 7 nitrogen and oxygen atoms in total. The highest BCUT2D eigenvalue weighted by Crippen LogP contribution is 2.34. The van der Waals surface area contributed by atoms with Crippen molar-refractivity contribution in [2.24, 2.45) is 5.92 Å². The molecule has 148 valence electrons. The number of hydrogen-bond donors (Lipinski definition) is 1. The van der Waals surface area contributed by atoms with Gasteiger partial charge < -0.3 is 10.1 Å². The Balaban J connectivity index is 1.62. The smallest absolute Gasteiger partial charge is 0.257 e. The van der Waals surface area contributed by atoms with Crippen LogP contribution in [0.5, 0.6) is 5.75 Å². The van der Waals surface area contributed by atoms with Crippen LogP contribution in [-0.4, -0.2) is 27.8 Å². The normalized spacial score (nSPS) is 18.9. The molecule has 3 aromatic rings. The molecule has 4 rings (SSSR count). The zero-order valence-electron chi connectivity index (χ0n) is 16.6. The van der Waals surface area contributed by atoms with Crippen molar-refractivity contribution in [2.45, 2.75) is 38.6 Å². The lowest BCUT2D eigenvalue weighted by molar-refractivity contribution is 0.102. The number of carbonyl (C=O) groups excluding carboxylic acids is 1. The monoisotopic (exact) mass is 389 g/mol. The summed E-state index contributed by atoms with van der Waals surface area (Å²) in [6, 6.07) is 7.64. The van der Waals surface area contributed by atoms with Crippen molar-refractivity contribution in [3.05, 3.63) is 47.9 Å². The van der Waals surface area contributed by atoms with E-state index in [1.165, 1.54) is 31.3 Å². The number of benzene rings is 1. The number of amides is 1. The van der Waals surface area contributed by atoms with Crippen LogP contribution in [0.2, 0.25) is 0 Å². The van der Waals surface area contributed by atoms with Gasteiger partial charge in [-0.15, -0.1) is 0 Å². The summed E-state index contributed by atoms with van der Waals surface area (Å²) in [7, 11) is 1.56. The van der Waals surface area contributed by atoms with Crippen LogP contribution in [0, 0.1) is 17.2 Å². The molecule has 2 heterocycles. The van der Waals surface area contributed by atoms with E-state index in [-0.39, 0.29) is 5.91 Å². The second kappa shape index (κ2) is 7.92. The topological polar surface area (TPSA) is 92.8 Å². The number of nitrogens with zero attached hydrogens (tertiary/aromatic N) is 4. The first-order valence-corrected chi connectivity index (χ1v) is 9.80. The molecule has 0 unspecified atom stereocenters. The quantitative estimate of drug-likeness (QED) is 0.717. The number of nitriles is 1. The van der Waals surface area contributed by atoms with E-state index in [2.05, 4.69) is 21.9 Å². The Kier molecular flexibility index (Phi) is 5.17. The molecule has 0 spiro atoms. The Morgan fingerprint density at radius 3 is 2.76 bits per heavy atom. The largest absolute Gasteiger partial charge is 0.494 e. The van der Waals surface area contributed by atoms with E-state index < -0.39 is 0 Å². The van der Waals surface area contributed by atoms with Crippen molar-refractivity contribution in [1.82, 2.24) is 14.8 Å². The molecule has 0 saturated heterocycles. The number of carbonyl (C=O) groups is 1. The Labute approximate surface area is 169 Å². The molecule has 0 aliphatic heterocycles. The minimum Gasteiger partial charge on any atom is -0.494 e. The number of aromatic nitrogens is 3. The van der Waals surface area contributed by atoms with Crippen LogP contribution < -0.4 is 10.1 Å². The summed E-state index contributed by atoms with van der Waals surface area (Å²) in [5.74, 6) is 0.978. The number of nitrogens with one attached hydrogen (secondary N) is 1. The molecule has 0 radical (unpaired) electrons. The summed E-state index contributed by atoms with van der Waals surface area (Å²) in [4.78, 5) is 16.6. The SMILES string of the molecule is COc1cc2nn([C@H]3CC[C@H](C)CC3)cc2cc1NC(=O)c1cncc(C#N)c1. The van der Waals surface area contributed by atoms with Gasteiger partial charge in [-0.3, -0.25) is 14.5 Å². The molecule has 1 aromatic carbocycles. The van der Waals surface area contributed by atoms with Gasteiger partial charge in [-0.1, -0.05) is 6.92 Å². The van der Waals surface area contributed by atoms with Gasteiger partial charge in [0.2, 0.25) is 0 Å². The highest BCUT2D eigenvalue weighted by Gasteiger charge is 2.21. The second-order valence-corrected chi connectivity index (χ2v) is 7.66. The summed E-state index contributed by atoms with van der Waals surface area (Å²) in [5, 5.41) is 17.6. The average molecular weight is 389 g/mol. The Morgan fingerprint density at radius 2 is 2.03 bits per heavy atom. The molecule has 2 aromatic heterocycles. The standard InChI is InChI=1S/C22H23N5O2/c1-14-3-5-18(6-4-14)27-13-17-8-20(21(29-2)9-19(17)26-27)25-22(28)16-7-15(10-23)11-24-12-16/h7-9,11-14,18H,3-6H2,1-2H3,(H,25,28)/t14-,18-. The fraction of sp³-hybridized carbons (Fsp3) is 0.364. The number of pyridine rings is 1. The van der Waals surface area contributed by atoms with Crippen molar-refractivity contribution in [3.63, 3.8) is 0 Å². The second-order valence-electron chi connectivity index (χ2n) is 7.66. The molecule has 1 saturated carbocycles. The van der Waals surface area contributed by atoms with Crippen LogP contribution in [0.15, 0.2) is 36.8 Å². The predicted octanol–water partition coefficient (Wildman–Crippen LogP) is 4.32. The highest BCUT2D eigenvalue weighted by molar-refractivity contribution is 6.06. The van der Waals surface area contributed by atoms with Crippen LogP contribution in [0.4, 0.5) is 5.69 Å². The molecule has 1 aliphatic rings. The summed E-state index contributed by atoms with van der Waals surface area (Å²) in [5.41, 5.74) is 2.05. The summed E-state index contributed by atoms with van der Waals surface area (Å²) < 4.78 is 7.53. The first-order chi connectivity index (χ1) is 14.1. The molecule has 29 heavy (non-hydrogen) atoms. The molecular weight excluding hydrogens is 366 g/mol. The third-order valence-corrected chi connectivity index (χ3v) is 5.58. The van der Waals surface area contributed by atoms with Gasteiger partial charge in [-0.05, 0) is 43.7 Å². The van der Waals surface area contributed by atoms with Crippen molar-refractivity contribution in [3.8, 4) is 11.8 Å². The lowest BCUT2D eigenvalue weighted by atomic mass is 9.87. The van der Waals surface area contributed by atoms with E-state index in [1.807, 2.05) is 24.4 Å². The lowest BCUT2D eigenvalue weighted by Gasteiger charge is -2.26. The van der Waals surface area contributed by atoms with Crippen LogP contribution in [0.1, 0.15) is 54.6 Å². The molecule has 1 N–H and O–H groups in total. The summed E-state index contributed by atoms with van der Waals surface area (Å²) in [6.07, 6.45) is 9.62. The third-order valence-electron chi connectivity index (χ3n) is 5.58. The molecule has 1 amide bonds. The molecular formula is C22H23N5O2. The van der Waals surface area contributed by atoms with Gasteiger partial charge in [0.25, 0.3) is 5.91 Å². The average Bonchev–Trinajstić information content (AvgIpc) is 3.16. The summed E-state index contributed by atoms with van der Waals surface area (Å²) in [6.45, 7) is 2.30. The lowest BCUT2D eigenvalue weighted by Crippen LogP contribution is -2.16. The van der Waals surface area contributed by atoms with E-state index in [4.69, 9.17) is 15.1 Å². The van der Waals surface area contributed by atoms with E-state index in [0.29, 0.717) is 28.6 Å². The van der Waals surface area contributed by atoms with Gasteiger partial charge in [0, 0.05) is 30.0 Å². The molecule has 1 fully saturated rings. The third kappa shape index (κ3) is 3.92. The van der Waals surface area contributed by atoms with Gasteiger partial charge in [0.05, 0.1) is 35.5 Å². The van der Waals surface area contributed by atoms with Crippen molar-refractivity contribution < 1.29 is 9.53 Å². The van der Waals surface area contributed by atoms with Crippen LogP contribution in [0.25, 0.3) is 10.9 Å². The number of fused-ring (bicyclic) bond motifs is 1. The Bertz CT molecular complexity index is 1090. The Morgan fingerprint density at radius 1 is 1.24 bits per heavy atom. The van der Waals surface area contributed by atoms with E-state index in [9.17, 15) is 4.79 Å². The molecule has 7 heteroatoms. The Hall–Kier alpha value is -3.40. The van der Waals surface area contributed by atoms with Crippen LogP contribution in [-0.2, 0) is 0 Å². The summed E-state index contributed by atoms with van der Waals surface area (Å²) >= 11 is 0. The number of ether oxygens (including phenoxy) is 1. The maximum absolute atomic E-state index is 12.6. The fourth-order valence-electron chi connectivity index (χ4n) is 3.85. The van der Waals surface area contributed by atoms with Gasteiger partial charge in [-0.25, -0.2) is 0 Å². The number of methoxy groups -OCH3 is 1. The molecule has 0 atom stereocenters. The van der Waals surface area contributed by atoms with Gasteiger partial charge in [0.15, 0.2) is 0 Å². The fourth-order valence-corrected chi connectivity index (χ4v) is 3.85. The van der Waals surface area contributed by atoms with Crippen molar-refractivity contribution in [2.75, 3.05) is 12.4 Å². The van der Waals surface area contributed by atoms with E-state index in [1.54, 1.807) is 7.11 Å². The maximum atomic E-state index is 12.6. The van der Waals surface area contributed by atoms with Crippen LogP contribution in [0.3, 0.4) is 0 Å². The predicted molar refractivity (Wildman–Crippen MR) is 110 cm³/mol. The first kappa shape index (κ1) is 18.9. The minimum atomic E-state index is -0.346. The number of hydrogen-bond acceptors (Lipinski definition) is 5. The first-order valence-electron chi connectivity index (χ1n) is 9.80. The van der Waals surface area contributed by atoms with Crippen molar-refractivity contribution in [1.29, 1.82) is 5.26 Å². The molecule has 1 aliphatic carbocycles. The van der Waals surface area contributed by atoms with Gasteiger partial charge >= 0.3 is 0 Å².